The molecule has 1 fully saturated rings. The lowest BCUT2D eigenvalue weighted by Crippen LogP contribution is -2.64. The Labute approximate surface area is 374 Å². The number of esters is 1. The highest BCUT2D eigenvalue weighted by Crippen LogP contribution is 2.47. The molecule has 0 aromatic heterocycles. The smallest absolute Gasteiger partial charge is 0.457 e. The molecule has 0 radical (unpaired) electrons. The Morgan fingerprint density at radius 1 is 0.532 bits per heavy atom. The summed E-state index contributed by atoms with van der Waals surface area (Å²) in [6, 6.07) is 0. The fourth-order valence-electron chi connectivity index (χ4n) is 6.79. The molecule has 6 unspecified atom stereocenters. The van der Waals surface area contributed by atoms with Crippen LogP contribution in [0.3, 0.4) is 0 Å². The Morgan fingerprint density at radius 3 is 1.45 bits per heavy atom. The van der Waals surface area contributed by atoms with Gasteiger partial charge in [0.25, 0.3) is 0 Å². The number of phosphoric acid groups is 1. The van der Waals surface area contributed by atoms with Gasteiger partial charge >= 0.3 is 13.8 Å². The van der Waals surface area contributed by atoms with Gasteiger partial charge in [-0.25, -0.2) is 4.57 Å². The van der Waals surface area contributed by atoms with Gasteiger partial charge in [-0.2, -0.15) is 0 Å². The summed E-state index contributed by atoms with van der Waals surface area (Å²) in [7, 11) is -5.03. The van der Waals surface area contributed by atoms with E-state index in [0.29, 0.717) is 13.0 Å². The molecule has 0 heterocycles. The highest BCUT2D eigenvalue weighted by atomic mass is 31.2. The summed E-state index contributed by atoms with van der Waals surface area (Å²) in [5.41, 5.74) is 0. The van der Waals surface area contributed by atoms with E-state index in [1.54, 1.807) is 0 Å². The third-order valence-electron chi connectivity index (χ3n) is 10.6. The Morgan fingerprint density at radius 2 is 0.952 bits per heavy atom. The number of phosphoric ester groups is 1. The van der Waals surface area contributed by atoms with Crippen LogP contribution < -0.4 is 0 Å². The van der Waals surface area contributed by atoms with Gasteiger partial charge in [-0.05, 0) is 83.5 Å². The zero-order valence-corrected chi connectivity index (χ0v) is 39.0. The number of aliphatic hydroxyl groups is 5. The first-order chi connectivity index (χ1) is 30.0. The van der Waals surface area contributed by atoms with Crippen molar-refractivity contribution in [2.45, 2.75) is 211 Å². The second-order valence-corrected chi connectivity index (χ2v) is 17.6. The highest BCUT2D eigenvalue weighted by molar-refractivity contribution is 7.47. The molecule has 358 valence electrons. The summed E-state index contributed by atoms with van der Waals surface area (Å²) < 4.78 is 34.2. The van der Waals surface area contributed by atoms with Crippen LogP contribution in [0.1, 0.15) is 168 Å². The van der Waals surface area contributed by atoms with Gasteiger partial charge in [0.2, 0.25) is 0 Å². The molecular formula is C49H85O12P. The van der Waals surface area contributed by atoms with Gasteiger partial charge in [0, 0.05) is 13.0 Å². The van der Waals surface area contributed by atoms with Crippen molar-refractivity contribution in [1.29, 1.82) is 0 Å². The molecule has 62 heavy (non-hydrogen) atoms. The van der Waals surface area contributed by atoms with Crippen molar-refractivity contribution in [3.63, 3.8) is 0 Å². The lowest BCUT2D eigenvalue weighted by atomic mass is 9.85. The van der Waals surface area contributed by atoms with Crippen LogP contribution in [0.5, 0.6) is 0 Å². The number of aliphatic hydroxyl groups excluding tert-OH is 5. The standard InChI is InChI=1S/C49H85O12P/c1-3-5-7-9-11-13-15-17-19-21-22-23-24-26-28-30-32-34-36-38-43(50)60-42(41-59-62(56,57)61-49-47(54)45(52)44(51)46(53)48(49)55)40-58-39-37-35-33-31-29-27-25-20-18-16-14-12-10-8-6-4-2/h6,8,11-14,17-20,22-23,42,44-49,51-55H,3-5,7,9-10,15-16,21,24-41H2,1-2H3,(H,56,57)/b8-6-,13-11-,14-12-,19-17-,20-18-,23-22-. The minimum atomic E-state index is -5.03. The largest absolute Gasteiger partial charge is 0.472 e. The van der Waals surface area contributed by atoms with Crippen molar-refractivity contribution in [3.05, 3.63) is 72.9 Å². The van der Waals surface area contributed by atoms with E-state index in [2.05, 4.69) is 86.8 Å². The predicted molar refractivity (Wildman–Crippen MR) is 248 cm³/mol. The summed E-state index contributed by atoms with van der Waals surface area (Å²) in [4.78, 5) is 23.2. The van der Waals surface area contributed by atoms with Crippen molar-refractivity contribution in [3.8, 4) is 0 Å². The zero-order chi connectivity index (χ0) is 45.5. The highest BCUT2D eigenvalue weighted by Gasteiger charge is 2.51. The maximum absolute atomic E-state index is 12.8. The number of allylic oxidation sites excluding steroid dienone is 12. The summed E-state index contributed by atoms with van der Waals surface area (Å²) in [5, 5.41) is 50.2. The SMILES string of the molecule is CC/C=C\C/C=C\C/C=C\CCCCCCCCOCC(COP(=O)(O)OC1C(O)C(O)C(O)C(O)C1O)OC(=O)CCCCCCCC/C=C\C/C=C\C/C=C\CCCCC. The zero-order valence-electron chi connectivity index (χ0n) is 38.1. The van der Waals surface area contributed by atoms with Gasteiger partial charge in [-0.1, -0.05) is 151 Å². The van der Waals surface area contributed by atoms with Crippen molar-refractivity contribution in [2.24, 2.45) is 0 Å². The monoisotopic (exact) mass is 897 g/mol. The topological polar surface area (TPSA) is 192 Å². The van der Waals surface area contributed by atoms with Gasteiger partial charge < -0.3 is 39.9 Å². The Bertz CT molecular complexity index is 1300. The number of hydrogen-bond donors (Lipinski definition) is 6. The van der Waals surface area contributed by atoms with Crippen LogP contribution >= 0.6 is 7.82 Å². The molecule has 0 aliphatic heterocycles. The predicted octanol–water partition coefficient (Wildman–Crippen LogP) is 9.97. The van der Waals surface area contributed by atoms with E-state index in [4.69, 9.17) is 18.5 Å². The summed E-state index contributed by atoms with van der Waals surface area (Å²) >= 11 is 0. The quantitative estimate of drug-likeness (QED) is 0.0148. The van der Waals surface area contributed by atoms with Gasteiger partial charge in [0.1, 0.15) is 42.7 Å². The molecule has 0 saturated heterocycles. The van der Waals surface area contributed by atoms with Crippen molar-refractivity contribution < 1.29 is 58.3 Å². The van der Waals surface area contributed by atoms with E-state index in [9.17, 15) is 39.8 Å². The molecule has 1 aliphatic rings. The van der Waals surface area contributed by atoms with E-state index in [-0.39, 0.29) is 13.0 Å². The van der Waals surface area contributed by atoms with Gasteiger partial charge in [-0.3, -0.25) is 13.8 Å². The number of hydrogen-bond acceptors (Lipinski definition) is 11. The van der Waals surface area contributed by atoms with E-state index in [0.717, 1.165) is 116 Å². The van der Waals surface area contributed by atoms with Crippen LogP contribution in [0.2, 0.25) is 0 Å². The first kappa shape index (κ1) is 57.8. The van der Waals surface area contributed by atoms with E-state index in [1.807, 2.05) is 0 Å². The van der Waals surface area contributed by atoms with Crippen LogP contribution in [0.15, 0.2) is 72.9 Å². The Kier molecular flexibility index (Phi) is 36.5. The van der Waals surface area contributed by atoms with E-state index < -0.39 is 63.1 Å². The summed E-state index contributed by atoms with van der Waals surface area (Å²) in [6.07, 6.45) is 38.2. The molecule has 0 bridgehead atoms. The number of unbranched alkanes of at least 4 members (excludes halogenated alkanes) is 15. The van der Waals surface area contributed by atoms with Gasteiger partial charge in [-0.15, -0.1) is 0 Å². The minimum Gasteiger partial charge on any atom is -0.457 e. The second-order valence-electron chi connectivity index (χ2n) is 16.2. The molecule has 1 aliphatic carbocycles. The van der Waals surface area contributed by atoms with E-state index in [1.165, 1.54) is 25.7 Å². The number of carbonyl (C=O) groups is 1. The Hall–Kier alpha value is -2.22. The first-order valence-electron chi connectivity index (χ1n) is 23.8. The molecule has 0 aromatic rings. The Balaban J connectivity index is 2.41. The fourth-order valence-corrected chi connectivity index (χ4v) is 7.76. The number of ether oxygens (including phenoxy) is 2. The summed E-state index contributed by atoms with van der Waals surface area (Å²) in [6.45, 7) is 4.07. The molecule has 6 atom stereocenters. The average Bonchev–Trinajstić information content (AvgIpc) is 3.26. The molecule has 0 aromatic carbocycles. The lowest BCUT2D eigenvalue weighted by molar-refractivity contribution is -0.220. The third-order valence-corrected chi connectivity index (χ3v) is 11.5. The van der Waals surface area contributed by atoms with Crippen LogP contribution in [0.4, 0.5) is 0 Å². The molecule has 1 rings (SSSR count). The maximum atomic E-state index is 12.8. The van der Waals surface area contributed by atoms with Crippen molar-refractivity contribution in [2.75, 3.05) is 19.8 Å². The molecule has 1 saturated carbocycles. The molecule has 0 amide bonds. The molecule has 12 nitrogen and oxygen atoms in total. The molecular weight excluding hydrogens is 812 g/mol. The van der Waals surface area contributed by atoms with Crippen molar-refractivity contribution in [1.82, 2.24) is 0 Å². The third kappa shape index (κ3) is 30.8. The minimum absolute atomic E-state index is 0.0950. The molecule has 0 spiro atoms. The van der Waals surface area contributed by atoms with Crippen molar-refractivity contribution >= 4 is 13.8 Å². The molecule has 6 N–H and O–H groups in total. The van der Waals surface area contributed by atoms with Crippen LogP contribution in [0, 0.1) is 0 Å². The summed E-state index contributed by atoms with van der Waals surface area (Å²) in [5.74, 6) is -0.498. The van der Waals surface area contributed by atoms with E-state index >= 15 is 0 Å². The first-order valence-corrected chi connectivity index (χ1v) is 25.3. The molecule has 13 heteroatoms. The van der Waals surface area contributed by atoms with Crippen LogP contribution in [-0.2, 0) is 27.9 Å². The van der Waals surface area contributed by atoms with Crippen LogP contribution in [-0.4, -0.2) is 98.9 Å². The average molecular weight is 897 g/mol. The number of rotatable bonds is 39. The van der Waals surface area contributed by atoms with Gasteiger partial charge in [0.15, 0.2) is 0 Å². The normalized spacial score (nSPS) is 22.6. The van der Waals surface area contributed by atoms with Crippen LogP contribution in [0.25, 0.3) is 0 Å². The lowest BCUT2D eigenvalue weighted by Gasteiger charge is -2.41. The second kappa shape index (κ2) is 39.2. The fraction of sp³-hybridized carbons (Fsp3) is 0.735. The maximum Gasteiger partial charge on any atom is 0.472 e. The van der Waals surface area contributed by atoms with Gasteiger partial charge in [0.05, 0.1) is 13.2 Å². The number of carbonyl (C=O) groups excluding carboxylic acids is 1.